The number of hydrogen-bond acceptors (Lipinski definition) is 3. The van der Waals surface area contributed by atoms with Gasteiger partial charge >= 0.3 is 0 Å². The van der Waals surface area contributed by atoms with Crippen LogP contribution < -0.4 is 10.1 Å². The zero-order valence-corrected chi connectivity index (χ0v) is 15.6. The Kier molecular flexibility index (Phi) is 2.94. The number of aromatic hydroxyl groups is 1. The Bertz CT molecular complexity index is 1110. The molecule has 7 rings (SSSR count). The number of aromatic amines is 1. The lowest BCUT2D eigenvalue weighted by Gasteiger charge is -2.54. The minimum Gasteiger partial charge on any atom is -0.504 e. The van der Waals surface area contributed by atoms with E-state index in [1.165, 1.54) is 33.3 Å². The van der Waals surface area contributed by atoms with Crippen molar-refractivity contribution in [2.45, 2.75) is 36.8 Å². The summed E-state index contributed by atoms with van der Waals surface area (Å²) in [5, 5.41) is 15.7. The van der Waals surface area contributed by atoms with Crippen LogP contribution in [0.1, 0.15) is 34.9 Å². The number of H-pyrrole nitrogens is 1. The molecular formula is C22H21ClN2O2. The summed E-state index contributed by atoms with van der Waals surface area (Å²) in [6.07, 6.45) is 3.15. The van der Waals surface area contributed by atoms with E-state index in [1.807, 2.05) is 6.07 Å². The first-order valence-electron chi connectivity index (χ1n) is 9.62. The van der Waals surface area contributed by atoms with Gasteiger partial charge in [-0.25, -0.2) is 0 Å². The maximum absolute atomic E-state index is 10.5. The maximum atomic E-state index is 10.5. The van der Waals surface area contributed by atoms with Gasteiger partial charge in [0, 0.05) is 27.9 Å². The molecule has 3 aromatic rings. The minimum absolute atomic E-state index is 0. The van der Waals surface area contributed by atoms with Crippen LogP contribution in [-0.2, 0) is 18.3 Å². The highest BCUT2D eigenvalue weighted by Gasteiger charge is 2.64. The van der Waals surface area contributed by atoms with Gasteiger partial charge in [0.1, 0.15) is 6.10 Å². The van der Waals surface area contributed by atoms with E-state index in [1.54, 1.807) is 0 Å². The van der Waals surface area contributed by atoms with Crippen LogP contribution in [0.25, 0.3) is 10.9 Å². The number of ether oxygens (including phenoxy) is 1. The van der Waals surface area contributed by atoms with E-state index in [-0.39, 0.29) is 23.9 Å². The van der Waals surface area contributed by atoms with Crippen molar-refractivity contribution in [3.8, 4) is 11.5 Å². The van der Waals surface area contributed by atoms with Crippen LogP contribution in [0.3, 0.4) is 0 Å². The number of rotatable bonds is 0. The van der Waals surface area contributed by atoms with Crippen molar-refractivity contribution >= 4 is 23.3 Å². The van der Waals surface area contributed by atoms with Gasteiger partial charge in [-0.2, -0.15) is 0 Å². The predicted molar refractivity (Wildman–Crippen MR) is 106 cm³/mol. The zero-order chi connectivity index (χ0) is 17.0. The van der Waals surface area contributed by atoms with E-state index in [0.29, 0.717) is 17.7 Å². The number of fused-ring (bicyclic) bond motifs is 4. The average Bonchev–Trinajstić information content (AvgIpc) is 3.18. The molecule has 4 nitrogen and oxygen atoms in total. The van der Waals surface area contributed by atoms with Gasteiger partial charge in [-0.05, 0) is 55.0 Å². The molecule has 2 bridgehead atoms. The summed E-state index contributed by atoms with van der Waals surface area (Å²) in [6, 6.07) is 13.0. The second kappa shape index (κ2) is 5.00. The second-order valence-corrected chi connectivity index (χ2v) is 8.37. The van der Waals surface area contributed by atoms with Gasteiger partial charge in [0.2, 0.25) is 0 Å². The fraction of sp³-hybridized carbons (Fsp3) is 0.364. The lowest BCUT2D eigenvalue weighted by atomic mass is 9.52. The molecule has 3 heterocycles. The Morgan fingerprint density at radius 1 is 1.11 bits per heavy atom. The highest BCUT2D eigenvalue weighted by atomic mass is 35.5. The van der Waals surface area contributed by atoms with Crippen LogP contribution in [0, 0.1) is 5.92 Å². The molecule has 5 heteroatoms. The quantitative estimate of drug-likeness (QED) is 0.556. The molecule has 0 amide bonds. The van der Waals surface area contributed by atoms with E-state index >= 15 is 0 Å². The molecule has 2 aromatic carbocycles. The second-order valence-electron chi connectivity index (χ2n) is 8.37. The van der Waals surface area contributed by atoms with Crippen LogP contribution in [0.5, 0.6) is 11.5 Å². The first-order valence-corrected chi connectivity index (χ1v) is 9.62. The monoisotopic (exact) mass is 380 g/mol. The number of piperidine rings is 1. The summed E-state index contributed by atoms with van der Waals surface area (Å²) in [7, 11) is 0. The Labute approximate surface area is 163 Å². The smallest absolute Gasteiger partial charge is 0.166 e. The molecule has 0 unspecified atom stereocenters. The molecule has 1 saturated heterocycles. The van der Waals surface area contributed by atoms with Crippen molar-refractivity contribution in [1.82, 2.24) is 10.3 Å². The van der Waals surface area contributed by atoms with Crippen molar-refractivity contribution in [2.75, 3.05) is 6.54 Å². The molecule has 2 aliphatic carbocycles. The fourth-order valence-corrected chi connectivity index (χ4v) is 6.53. The van der Waals surface area contributed by atoms with Gasteiger partial charge in [0.15, 0.2) is 11.5 Å². The largest absolute Gasteiger partial charge is 0.504 e. The van der Waals surface area contributed by atoms with Crippen molar-refractivity contribution < 1.29 is 9.84 Å². The SMILES string of the molecule is Cl.Oc1ccc2c3c1O[C@H]1c4[nH]c5ccccc5c4C[C@H]4[C@H](C2)NCC[C@]314. The van der Waals surface area contributed by atoms with Crippen LogP contribution in [0.2, 0.25) is 0 Å². The number of phenolic OH excluding ortho intramolecular Hbond substituents is 1. The van der Waals surface area contributed by atoms with Gasteiger partial charge < -0.3 is 20.1 Å². The first-order chi connectivity index (χ1) is 12.8. The van der Waals surface area contributed by atoms with E-state index in [0.717, 1.165) is 31.6 Å². The van der Waals surface area contributed by atoms with Gasteiger partial charge in [0.05, 0.1) is 5.69 Å². The number of halogens is 1. The van der Waals surface area contributed by atoms with Crippen molar-refractivity contribution in [2.24, 2.45) is 5.92 Å². The number of aromatic nitrogens is 1. The fourth-order valence-electron chi connectivity index (χ4n) is 6.53. The summed E-state index contributed by atoms with van der Waals surface area (Å²) < 4.78 is 6.56. The lowest BCUT2D eigenvalue weighted by molar-refractivity contribution is 0.0261. The number of para-hydroxylation sites is 1. The Balaban J connectivity index is 0.00000146. The number of benzene rings is 2. The lowest BCUT2D eigenvalue weighted by Crippen LogP contribution is -2.61. The first kappa shape index (κ1) is 15.8. The molecule has 27 heavy (non-hydrogen) atoms. The molecular weight excluding hydrogens is 360 g/mol. The van der Waals surface area contributed by atoms with Crippen LogP contribution in [0.15, 0.2) is 36.4 Å². The van der Waals surface area contributed by atoms with E-state index < -0.39 is 0 Å². The predicted octanol–water partition coefficient (Wildman–Crippen LogP) is 3.76. The minimum atomic E-state index is -0.0180. The van der Waals surface area contributed by atoms with Gasteiger partial charge in [-0.1, -0.05) is 24.3 Å². The average molecular weight is 381 g/mol. The summed E-state index contributed by atoms with van der Waals surface area (Å²) in [5.74, 6) is 1.55. The number of phenols is 1. The highest BCUT2D eigenvalue weighted by Crippen LogP contribution is 2.66. The van der Waals surface area contributed by atoms with Gasteiger partial charge in [-0.15, -0.1) is 12.4 Å². The summed E-state index contributed by atoms with van der Waals surface area (Å²) in [4.78, 5) is 3.68. The van der Waals surface area contributed by atoms with E-state index in [9.17, 15) is 5.11 Å². The summed E-state index contributed by atoms with van der Waals surface area (Å²) >= 11 is 0. The molecule has 0 saturated carbocycles. The Morgan fingerprint density at radius 3 is 2.93 bits per heavy atom. The maximum Gasteiger partial charge on any atom is 0.166 e. The molecule has 0 radical (unpaired) electrons. The third-order valence-electron chi connectivity index (χ3n) is 7.46. The third-order valence-corrected chi connectivity index (χ3v) is 7.46. The Hall–Kier alpha value is -2.17. The molecule has 1 fully saturated rings. The highest BCUT2D eigenvalue weighted by molar-refractivity contribution is 5.86. The topological polar surface area (TPSA) is 57.3 Å². The number of nitrogens with one attached hydrogen (secondary N) is 2. The van der Waals surface area contributed by atoms with Crippen LogP contribution >= 0.6 is 12.4 Å². The van der Waals surface area contributed by atoms with Crippen LogP contribution in [0.4, 0.5) is 0 Å². The third kappa shape index (κ3) is 1.66. The molecule has 1 aromatic heterocycles. The summed E-state index contributed by atoms with van der Waals surface area (Å²) in [6.45, 7) is 1.02. The molecule has 2 aliphatic heterocycles. The molecule has 1 spiro atoms. The number of hydrogen-bond donors (Lipinski definition) is 3. The van der Waals surface area contributed by atoms with Gasteiger partial charge in [0.25, 0.3) is 0 Å². The van der Waals surface area contributed by atoms with Crippen LogP contribution in [-0.4, -0.2) is 22.7 Å². The normalized spacial score (nSPS) is 31.6. The zero-order valence-electron chi connectivity index (χ0n) is 14.8. The standard InChI is InChI=1S/C22H20N2O2.ClH/c25-17-6-5-11-9-16-14-10-13-12-3-1-2-4-15(12)24-19(13)21-22(14,7-8-23-16)18(11)20(17)26-21;/h1-6,14,16,21,23-25H,7-10H2;1H/t14-,16-,21-,22-;/m0./s1. The van der Waals surface area contributed by atoms with Crippen molar-refractivity contribution in [3.63, 3.8) is 0 Å². The molecule has 4 atom stereocenters. The summed E-state index contributed by atoms with van der Waals surface area (Å²) in [5.41, 5.74) is 6.48. The van der Waals surface area contributed by atoms with Gasteiger partial charge in [-0.3, -0.25) is 0 Å². The van der Waals surface area contributed by atoms with Crippen molar-refractivity contribution in [3.05, 3.63) is 58.8 Å². The van der Waals surface area contributed by atoms with E-state index in [2.05, 4.69) is 40.6 Å². The molecule has 138 valence electrons. The molecule has 4 aliphatic rings. The van der Waals surface area contributed by atoms with E-state index in [4.69, 9.17) is 4.74 Å². The molecule has 3 N–H and O–H groups in total. The van der Waals surface area contributed by atoms with Crippen molar-refractivity contribution in [1.29, 1.82) is 0 Å². The Morgan fingerprint density at radius 2 is 2.00 bits per heavy atom.